The molecule has 112 valence electrons. The van der Waals surface area contributed by atoms with Crippen molar-refractivity contribution in [2.75, 3.05) is 17.6 Å². The van der Waals surface area contributed by atoms with Gasteiger partial charge in [0.15, 0.2) is 11.6 Å². The van der Waals surface area contributed by atoms with Gasteiger partial charge in [-0.3, -0.25) is 4.72 Å². The third kappa shape index (κ3) is 3.34. The minimum atomic E-state index is -3.95. The van der Waals surface area contributed by atoms with Crippen LogP contribution in [0.15, 0.2) is 35.4 Å². The minimum Gasteiger partial charge on any atom is -0.494 e. The van der Waals surface area contributed by atoms with E-state index in [1.54, 1.807) is 0 Å². The number of benzene rings is 1. The number of halogens is 2. The third-order valence-corrected chi connectivity index (χ3v) is 4.21. The number of methoxy groups -OCH3 is 1. The number of ether oxygens (including phenoxy) is 1. The maximum absolute atomic E-state index is 13.5. The van der Waals surface area contributed by atoms with E-state index < -0.39 is 15.8 Å². The minimum absolute atomic E-state index is 0.00939. The van der Waals surface area contributed by atoms with Crippen molar-refractivity contribution in [3.63, 3.8) is 0 Å². The summed E-state index contributed by atoms with van der Waals surface area (Å²) < 4.78 is 44.7. The van der Waals surface area contributed by atoms with Gasteiger partial charge in [-0.2, -0.15) is 0 Å². The Hall–Kier alpha value is -2.06. The van der Waals surface area contributed by atoms with Crippen molar-refractivity contribution in [1.29, 1.82) is 0 Å². The first-order chi connectivity index (χ1) is 9.83. The first kappa shape index (κ1) is 15.3. The molecule has 0 radical (unpaired) electrons. The molecule has 0 fully saturated rings. The van der Waals surface area contributed by atoms with Gasteiger partial charge in [0, 0.05) is 12.3 Å². The van der Waals surface area contributed by atoms with Crippen molar-refractivity contribution >= 4 is 33.1 Å². The van der Waals surface area contributed by atoms with E-state index in [0.717, 1.165) is 18.3 Å². The molecule has 0 saturated heterocycles. The van der Waals surface area contributed by atoms with Gasteiger partial charge < -0.3 is 10.5 Å². The number of hydrogen-bond acceptors (Lipinski definition) is 5. The molecule has 21 heavy (non-hydrogen) atoms. The second kappa shape index (κ2) is 5.74. The third-order valence-electron chi connectivity index (χ3n) is 2.56. The maximum Gasteiger partial charge on any atom is 0.263 e. The molecule has 1 aromatic carbocycles. The summed E-state index contributed by atoms with van der Waals surface area (Å²) >= 11 is 5.73. The second-order valence-corrected chi connectivity index (χ2v) is 6.08. The fourth-order valence-electron chi connectivity index (χ4n) is 1.52. The molecule has 0 amide bonds. The SMILES string of the molecule is COc1ccc(NS(=O)(=O)c2cnc(N)c(Cl)c2)cc1F. The summed E-state index contributed by atoms with van der Waals surface area (Å²) in [7, 11) is -2.64. The van der Waals surface area contributed by atoms with Gasteiger partial charge in [0.25, 0.3) is 10.0 Å². The number of nitrogen functional groups attached to an aromatic ring is 1. The van der Waals surface area contributed by atoms with Crippen molar-refractivity contribution in [3.8, 4) is 5.75 Å². The topological polar surface area (TPSA) is 94.3 Å². The number of aromatic nitrogens is 1. The largest absolute Gasteiger partial charge is 0.494 e. The Morgan fingerprint density at radius 2 is 2.10 bits per heavy atom. The summed E-state index contributed by atoms with van der Waals surface area (Å²) in [6.07, 6.45) is 1.06. The summed E-state index contributed by atoms with van der Waals surface area (Å²) in [5.41, 5.74) is 5.46. The molecule has 0 aliphatic rings. The van der Waals surface area contributed by atoms with E-state index in [2.05, 4.69) is 9.71 Å². The zero-order valence-corrected chi connectivity index (χ0v) is 12.4. The van der Waals surface area contributed by atoms with Gasteiger partial charge in [0.1, 0.15) is 10.7 Å². The molecule has 0 aliphatic carbocycles. The number of nitrogens with one attached hydrogen (secondary N) is 1. The van der Waals surface area contributed by atoms with E-state index >= 15 is 0 Å². The van der Waals surface area contributed by atoms with Crippen molar-refractivity contribution in [2.45, 2.75) is 4.90 Å². The fourth-order valence-corrected chi connectivity index (χ4v) is 2.77. The lowest BCUT2D eigenvalue weighted by Gasteiger charge is -2.10. The van der Waals surface area contributed by atoms with Crippen LogP contribution in [0.25, 0.3) is 0 Å². The number of nitrogens with zero attached hydrogens (tertiary/aromatic N) is 1. The van der Waals surface area contributed by atoms with Gasteiger partial charge in [-0.05, 0) is 18.2 Å². The predicted octanol–water partition coefficient (Wildman–Crippen LogP) is 2.27. The summed E-state index contributed by atoms with van der Waals surface area (Å²) in [6.45, 7) is 0. The van der Waals surface area contributed by atoms with E-state index in [0.29, 0.717) is 0 Å². The summed E-state index contributed by atoms with van der Waals surface area (Å²) in [5, 5.41) is 0.0128. The van der Waals surface area contributed by atoms with Crippen molar-refractivity contribution < 1.29 is 17.5 Å². The Kier molecular flexibility index (Phi) is 4.19. The zero-order valence-electron chi connectivity index (χ0n) is 10.8. The lowest BCUT2D eigenvalue weighted by Crippen LogP contribution is -2.13. The van der Waals surface area contributed by atoms with Gasteiger partial charge >= 0.3 is 0 Å². The van der Waals surface area contributed by atoms with Crippen LogP contribution in [0.2, 0.25) is 5.02 Å². The van der Waals surface area contributed by atoms with Gasteiger partial charge in [-0.25, -0.2) is 17.8 Å². The van der Waals surface area contributed by atoms with Crippen LogP contribution in [0.4, 0.5) is 15.9 Å². The van der Waals surface area contributed by atoms with Crippen LogP contribution in [0.3, 0.4) is 0 Å². The molecular weight excluding hydrogens is 321 g/mol. The lowest BCUT2D eigenvalue weighted by atomic mass is 10.3. The monoisotopic (exact) mass is 331 g/mol. The van der Waals surface area contributed by atoms with Crippen LogP contribution in [0, 0.1) is 5.82 Å². The Balaban J connectivity index is 2.32. The molecule has 2 rings (SSSR count). The van der Waals surface area contributed by atoms with Crippen LogP contribution < -0.4 is 15.2 Å². The molecule has 0 atom stereocenters. The predicted molar refractivity (Wildman–Crippen MR) is 77.4 cm³/mol. The average molecular weight is 332 g/mol. The van der Waals surface area contributed by atoms with Crippen LogP contribution in [0.1, 0.15) is 0 Å². The highest BCUT2D eigenvalue weighted by Gasteiger charge is 2.17. The van der Waals surface area contributed by atoms with E-state index in [-0.39, 0.29) is 27.2 Å². The highest BCUT2D eigenvalue weighted by molar-refractivity contribution is 7.92. The van der Waals surface area contributed by atoms with Crippen LogP contribution in [-0.2, 0) is 10.0 Å². The van der Waals surface area contributed by atoms with E-state index in [1.807, 2.05) is 0 Å². The lowest BCUT2D eigenvalue weighted by molar-refractivity contribution is 0.386. The maximum atomic E-state index is 13.5. The highest BCUT2D eigenvalue weighted by atomic mass is 35.5. The molecular formula is C12H11ClFN3O3S. The van der Waals surface area contributed by atoms with E-state index in [9.17, 15) is 12.8 Å². The van der Waals surface area contributed by atoms with Gasteiger partial charge in [0.2, 0.25) is 0 Å². The Labute approximate surface area is 125 Å². The van der Waals surface area contributed by atoms with Crippen molar-refractivity contribution in [2.24, 2.45) is 0 Å². The fraction of sp³-hybridized carbons (Fsp3) is 0.0833. The summed E-state index contributed by atoms with van der Waals surface area (Å²) in [5.74, 6) is -0.660. The quantitative estimate of drug-likeness (QED) is 0.896. The van der Waals surface area contributed by atoms with Gasteiger partial charge in [-0.1, -0.05) is 11.6 Å². The van der Waals surface area contributed by atoms with Gasteiger partial charge in [0.05, 0.1) is 17.8 Å². The van der Waals surface area contributed by atoms with Crippen LogP contribution in [0.5, 0.6) is 5.75 Å². The average Bonchev–Trinajstić information content (AvgIpc) is 2.41. The molecule has 0 unspecified atom stereocenters. The number of nitrogens with two attached hydrogens (primary N) is 1. The van der Waals surface area contributed by atoms with Crippen LogP contribution >= 0.6 is 11.6 Å². The van der Waals surface area contributed by atoms with Crippen LogP contribution in [-0.4, -0.2) is 20.5 Å². The Morgan fingerprint density at radius 3 is 2.67 bits per heavy atom. The number of pyridine rings is 1. The Bertz CT molecular complexity index is 783. The molecule has 1 heterocycles. The summed E-state index contributed by atoms with van der Waals surface area (Å²) in [4.78, 5) is 3.48. The summed E-state index contributed by atoms with van der Waals surface area (Å²) in [6, 6.07) is 4.84. The first-order valence-electron chi connectivity index (χ1n) is 5.61. The molecule has 0 aliphatic heterocycles. The van der Waals surface area contributed by atoms with Crippen molar-refractivity contribution in [1.82, 2.24) is 4.98 Å². The number of rotatable bonds is 4. The van der Waals surface area contributed by atoms with Crippen molar-refractivity contribution in [3.05, 3.63) is 41.3 Å². The molecule has 0 saturated carbocycles. The molecule has 0 bridgehead atoms. The normalized spacial score (nSPS) is 11.2. The smallest absolute Gasteiger partial charge is 0.263 e. The Morgan fingerprint density at radius 1 is 1.38 bits per heavy atom. The zero-order chi connectivity index (χ0) is 15.6. The molecule has 1 aromatic heterocycles. The highest BCUT2D eigenvalue weighted by Crippen LogP contribution is 2.24. The molecule has 6 nitrogen and oxygen atoms in total. The molecule has 9 heteroatoms. The second-order valence-electron chi connectivity index (χ2n) is 3.99. The standard InChI is InChI=1S/C12H11ClFN3O3S/c1-20-11-3-2-7(4-10(11)14)17-21(18,19)8-5-9(13)12(15)16-6-8/h2-6,17H,1H3,(H2,15,16). The molecule has 2 aromatic rings. The number of anilines is 2. The first-order valence-corrected chi connectivity index (χ1v) is 7.47. The van der Waals surface area contributed by atoms with E-state index in [1.165, 1.54) is 19.2 Å². The molecule has 0 spiro atoms. The van der Waals surface area contributed by atoms with Gasteiger partial charge in [-0.15, -0.1) is 0 Å². The molecule has 3 N–H and O–H groups in total. The van der Waals surface area contributed by atoms with E-state index in [4.69, 9.17) is 22.1 Å². The number of sulfonamides is 1. The number of hydrogen-bond donors (Lipinski definition) is 2.